The van der Waals surface area contributed by atoms with E-state index in [-0.39, 0.29) is 23.8 Å². The molecular weight excluding hydrogens is 638 g/mol. The average molecular weight is 677 g/mol. The van der Waals surface area contributed by atoms with Crippen molar-refractivity contribution < 1.29 is 18.0 Å². The third-order valence-corrected chi connectivity index (χ3v) is 9.73. The number of hydrogen-bond acceptors (Lipinski definition) is 4. The zero-order valence-electron chi connectivity index (χ0n) is 25.2. The van der Waals surface area contributed by atoms with Gasteiger partial charge in [0, 0.05) is 24.0 Å². The van der Waals surface area contributed by atoms with Gasteiger partial charge in [0.05, 0.1) is 10.6 Å². The van der Waals surface area contributed by atoms with Gasteiger partial charge < -0.3 is 10.2 Å². The van der Waals surface area contributed by atoms with Crippen molar-refractivity contribution in [3.63, 3.8) is 0 Å². The van der Waals surface area contributed by atoms with Gasteiger partial charge in [0.15, 0.2) is 0 Å². The number of carbonyl (C=O) groups excluding carboxylic acids is 2. The predicted octanol–water partition coefficient (Wildman–Crippen LogP) is 6.43. The number of hydrogen-bond donors (Lipinski definition) is 1. The van der Waals surface area contributed by atoms with E-state index in [1.165, 1.54) is 17.0 Å². The minimum absolute atomic E-state index is 0.0751. The molecule has 4 rings (SSSR count). The van der Waals surface area contributed by atoms with Crippen molar-refractivity contribution in [2.24, 2.45) is 0 Å². The first-order valence-electron chi connectivity index (χ1n) is 14.6. The highest BCUT2D eigenvalue weighted by Crippen LogP contribution is 2.27. The van der Waals surface area contributed by atoms with Gasteiger partial charge in [-0.2, -0.15) is 0 Å². The van der Waals surface area contributed by atoms with Crippen LogP contribution in [0.25, 0.3) is 0 Å². The summed E-state index contributed by atoms with van der Waals surface area (Å²) < 4.78 is 30.2. The van der Waals surface area contributed by atoms with Crippen molar-refractivity contribution in [3.8, 4) is 0 Å². The number of sulfonamides is 1. The molecule has 7 nitrogen and oxygen atoms in total. The summed E-state index contributed by atoms with van der Waals surface area (Å²) in [5.74, 6) is -0.780. The number of carbonyl (C=O) groups is 2. The second-order valence-electron chi connectivity index (χ2n) is 10.7. The SMILES string of the molecule is CCCNC(=O)[C@H](Cc1ccccc1)N(Cc1cccc(Br)c1)C(=O)CN(c1ccc(C)c(C)c1)S(=O)(=O)c1ccccc1. The highest BCUT2D eigenvalue weighted by Gasteiger charge is 2.34. The zero-order valence-corrected chi connectivity index (χ0v) is 27.6. The minimum atomic E-state index is -4.13. The fraction of sp³-hybridized carbons (Fsp3) is 0.257. The molecule has 1 atom stereocenters. The molecule has 0 aromatic heterocycles. The van der Waals surface area contributed by atoms with Crippen LogP contribution in [0.5, 0.6) is 0 Å². The highest BCUT2D eigenvalue weighted by molar-refractivity contribution is 9.10. The number of anilines is 1. The predicted molar refractivity (Wildman–Crippen MR) is 179 cm³/mol. The number of benzene rings is 4. The number of nitrogens with one attached hydrogen (secondary N) is 1. The van der Waals surface area contributed by atoms with Crippen LogP contribution in [0, 0.1) is 13.8 Å². The molecule has 0 radical (unpaired) electrons. The summed E-state index contributed by atoms with van der Waals surface area (Å²) >= 11 is 3.51. The van der Waals surface area contributed by atoms with E-state index in [0.717, 1.165) is 37.5 Å². The molecule has 9 heteroatoms. The van der Waals surface area contributed by atoms with E-state index in [1.54, 1.807) is 30.3 Å². The monoisotopic (exact) mass is 675 g/mol. The molecule has 0 bridgehead atoms. The molecule has 0 spiro atoms. The topological polar surface area (TPSA) is 86.8 Å². The molecule has 0 saturated heterocycles. The Hall–Kier alpha value is -3.95. The summed E-state index contributed by atoms with van der Waals surface area (Å²) in [6.45, 7) is 5.90. The summed E-state index contributed by atoms with van der Waals surface area (Å²) in [5.41, 5.74) is 3.97. The fourth-order valence-electron chi connectivity index (χ4n) is 4.88. The van der Waals surface area contributed by atoms with Crippen molar-refractivity contribution in [1.29, 1.82) is 0 Å². The van der Waals surface area contributed by atoms with Crippen LogP contribution in [0.3, 0.4) is 0 Å². The van der Waals surface area contributed by atoms with Gasteiger partial charge in [0.25, 0.3) is 10.0 Å². The first kappa shape index (κ1) is 33.0. The molecule has 0 aliphatic heterocycles. The van der Waals surface area contributed by atoms with Gasteiger partial charge in [-0.05, 0) is 78.9 Å². The molecule has 0 aliphatic rings. The van der Waals surface area contributed by atoms with Crippen LogP contribution in [0.1, 0.15) is 35.6 Å². The molecule has 0 saturated carbocycles. The van der Waals surface area contributed by atoms with Crippen molar-refractivity contribution in [3.05, 3.63) is 130 Å². The molecule has 4 aromatic carbocycles. The molecule has 0 aliphatic carbocycles. The molecule has 0 unspecified atom stereocenters. The van der Waals surface area contributed by atoms with E-state index in [0.29, 0.717) is 12.2 Å². The maximum atomic E-state index is 14.5. The summed E-state index contributed by atoms with van der Waals surface area (Å²) in [6, 6.07) is 29.6. The van der Waals surface area contributed by atoms with Gasteiger partial charge >= 0.3 is 0 Å². The van der Waals surface area contributed by atoms with Crippen LogP contribution in [-0.2, 0) is 32.6 Å². The van der Waals surface area contributed by atoms with Gasteiger partial charge in [0.1, 0.15) is 12.6 Å². The molecule has 4 aromatic rings. The second kappa shape index (κ2) is 15.2. The first-order chi connectivity index (χ1) is 21.1. The van der Waals surface area contributed by atoms with Gasteiger partial charge in [-0.15, -0.1) is 0 Å². The average Bonchev–Trinajstić information content (AvgIpc) is 3.02. The lowest BCUT2D eigenvalue weighted by atomic mass is 10.0. The van der Waals surface area contributed by atoms with Crippen molar-refractivity contribution in [1.82, 2.24) is 10.2 Å². The summed E-state index contributed by atoms with van der Waals surface area (Å²) in [6.07, 6.45) is 1.00. The smallest absolute Gasteiger partial charge is 0.264 e. The van der Waals surface area contributed by atoms with Crippen LogP contribution in [0.2, 0.25) is 0 Å². The molecule has 0 fully saturated rings. The van der Waals surface area contributed by atoms with E-state index in [9.17, 15) is 18.0 Å². The van der Waals surface area contributed by atoms with E-state index < -0.39 is 28.5 Å². The Labute approximate surface area is 269 Å². The van der Waals surface area contributed by atoms with Gasteiger partial charge in [-0.3, -0.25) is 13.9 Å². The summed E-state index contributed by atoms with van der Waals surface area (Å²) in [7, 11) is -4.13. The van der Waals surface area contributed by atoms with Crippen LogP contribution >= 0.6 is 15.9 Å². The highest BCUT2D eigenvalue weighted by atomic mass is 79.9. The van der Waals surface area contributed by atoms with Crippen molar-refractivity contribution in [2.45, 2.75) is 51.1 Å². The second-order valence-corrected chi connectivity index (χ2v) is 13.5. The maximum absolute atomic E-state index is 14.5. The van der Waals surface area contributed by atoms with Gasteiger partial charge in [-0.25, -0.2) is 8.42 Å². The lowest BCUT2D eigenvalue weighted by Gasteiger charge is -2.34. The Morgan fingerprint density at radius 3 is 2.11 bits per heavy atom. The first-order valence-corrected chi connectivity index (χ1v) is 16.8. The number of aryl methyl sites for hydroxylation is 2. The molecule has 44 heavy (non-hydrogen) atoms. The largest absolute Gasteiger partial charge is 0.354 e. The number of nitrogens with zero attached hydrogens (tertiary/aromatic N) is 2. The molecule has 1 N–H and O–H groups in total. The Morgan fingerprint density at radius 1 is 0.818 bits per heavy atom. The van der Waals surface area contributed by atoms with Crippen molar-refractivity contribution >= 4 is 43.5 Å². The van der Waals surface area contributed by atoms with Crippen molar-refractivity contribution in [2.75, 3.05) is 17.4 Å². The normalized spacial score (nSPS) is 11.9. The number of rotatable bonds is 13. The Kier molecular flexibility index (Phi) is 11.4. The van der Waals surface area contributed by atoms with Crippen LogP contribution in [0.15, 0.2) is 112 Å². The third-order valence-electron chi connectivity index (χ3n) is 7.45. The lowest BCUT2D eigenvalue weighted by Crippen LogP contribution is -2.53. The zero-order chi connectivity index (χ0) is 31.7. The molecule has 2 amide bonds. The van der Waals surface area contributed by atoms with E-state index in [2.05, 4.69) is 21.2 Å². The van der Waals surface area contributed by atoms with Gasteiger partial charge in [-0.1, -0.05) is 89.6 Å². The maximum Gasteiger partial charge on any atom is 0.264 e. The molecular formula is C35H38BrN3O4S. The van der Waals surface area contributed by atoms with E-state index in [4.69, 9.17) is 0 Å². The Morgan fingerprint density at radius 2 is 1.48 bits per heavy atom. The van der Waals surface area contributed by atoms with E-state index in [1.807, 2.05) is 81.4 Å². The van der Waals surface area contributed by atoms with Gasteiger partial charge in [0.2, 0.25) is 11.8 Å². The third kappa shape index (κ3) is 8.36. The van der Waals surface area contributed by atoms with Crippen LogP contribution in [0.4, 0.5) is 5.69 Å². The minimum Gasteiger partial charge on any atom is -0.354 e. The quantitative estimate of drug-likeness (QED) is 0.177. The molecule has 230 valence electrons. The fourth-order valence-corrected chi connectivity index (χ4v) is 6.75. The Balaban J connectivity index is 1.81. The summed E-state index contributed by atoms with van der Waals surface area (Å²) in [4.78, 5) is 29.8. The standard InChI is InChI=1S/C35H38BrN3O4S/c1-4-20-37-35(41)33(23-28-12-7-5-8-13-28)38(24-29-14-11-15-30(36)22-29)34(40)25-39(31-19-18-26(2)27(3)21-31)44(42,43)32-16-9-6-10-17-32/h5-19,21-22,33H,4,20,23-25H2,1-3H3,(H,37,41)/t33-/m0/s1. The number of halogens is 1. The molecule has 0 heterocycles. The van der Waals surface area contributed by atoms with Crippen LogP contribution in [-0.4, -0.2) is 44.3 Å². The van der Waals surface area contributed by atoms with E-state index >= 15 is 0 Å². The number of amides is 2. The lowest BCUT2D eigenvalue weighted by molar-refractivity contribution is -0.140. The summed E-state index contributed by atoms with van der Waals surface area (Å²) in [5, 5.41) is 2.97. The Bertz CT molecular complexity index is 1680. The van der Waals surface area contributed by atoms with Crippen LogP contribution < -0.4 is 9.62 Å².